The molecule has 2 N–H and O–H groups in total. The lowest BCUT2D eigenvalue weighted by Crippen LogP contribution is -2.49. The molecule has 1 fully saturated rings. The summed E-state index contributed by atoms with van der Waals surface area (Å²) in [6.07, 6.45) is 1.95. The topological polar surface area (TPSA) is 55.6 Å². The highest BCUT2D eigenvalue weighted by atomic mass is 16.5. The molecule has 1 aliphatic rings. The van der Waals surface area contributed by atoms with Crippen LogP contribution < -0.4 is 5.73 Å². The van der Waals surface area contributed by atoms with E-state index in [1.165, 1.54) is 0 Å². The molecule has 4 nitrogen and oxygen atoms in total. The lowest BCUT2D eigenvalue weighted by molar-refractivity contribution is -0.124. The number of hydrogen-bond donors (Lipinski definition) is 1. The molecule has 82 valence electrons. The monoisotopic (exact) mass is 200 g/mol. The molecule has 0 radical (unpaired) electrons. The maximum Gasteiger partial charge on any atom is 0.234 e. The number of nitrogens with zero attached hydrogens (tertiary/aromatic N) is 1. The molecule has 1 saturated heterocycles. The first kappa shape index (κ1) is 11.5. The predicted molar refractivity (Wildman–Crippen MR) is 54.9 cm³/mol. The molecule has 0 aromatic heterocycles. The maximum absolute atomic E-state index is 11.2. The van der Waals surface area contributed by atoms with Crippen molar-refractivity contribution < 1.29 is 9.53 Å². The van der Waals surface area contributed by atoms with E-state index < -0.39 is 0 Å². The summed E-state index contributed by atoms with van der Waals surface area (Å²) in [5, 5.41) is 0. The van der Waals surface area contributed by atoms with Gasteiger partial charge in [0.2, 0.25) is 5.91 Å². The lowest BCUT2D eigenvalue weighted by atomic mass is 10.1. The molecule has 1 rings (SSSR count). The second-order valence-electron chi connectivity index (χ2n) is 3.92. The minimum Gasteiger partial charge on any atom is -0.377 e. The number of rotatable bonds is 4. The lowest BCUT2D eigenvalue weighted by Gasteiger charge is -2.31. The Labute approximate surface area is 85.4 Å². The van der Waals surface area contributed by atoms with Gasteiger partial charge in [0.25, 0.3) is 0 Å². The van der Waals surface area contributed by atoms with Crippen molar-refractivity contribution in [3.05, 3.63) is 0 Å². The van der Waals surface area contributed by atoms with Crippen molar-refractivity contribution in [1.29, 1.82) is 0 Å². The van der Waals surface area contributed by atoms with Crippen molar-refractivity contribution in [2.24, 2.45) is 5.73 Å². The number of likely N-dealkylation sites (N-methyl/N-ethyl adjacent to an activating group) is 1. The first-order valence-corrected chi connectivity index (χ1v) is 5.20. The summed E-state index contributed by atoms with van der Waals surface area (Å²) in [7, 11) is 1.95. The van der Waals surface area contributed by atoms with E-state index in [1.807, 2.05) is 20.9 Å². The summed E-state index contributed by atoms with van der Waals surface area (Å²) in [5.41, 5.74) is 5.34. The van der Waals surface area contributed by atoms with E-state index in [0.717, 1.165) is 19.4 Å². The summed E-state index contributed by atoms with van der Waals surface area (Å²) in [6.45, 7) is 4.81. The zero-order valence-electron chi connectivity index (χ0n) is 9.19. The van der Waals surface area contributed by atoms with E-state index in [2.05, 4.69) is 4.90 Å². The molecule has 1 amide bonds. The van der Waals surface area contributed by atoms with Crippen molar-refractivity contribution in [2.75, 3.05) is 13.7 Å². The van der Waals surface area contributed by atoms with Gasteiger partial charge in [0.1, 0.15) is 0 Å². The summed E-state index contributed by atoms with van der Waals surface area (Å²) in [5.74, 6) is -0.242. The van der Waals surface area contributed by atoms with Crippen molar-refractivity contribution in [3.63, 3.8) is 0 Å². The molecule has 0 saturated carbocycles. The molecular formula is C10H20N2O2. The third-order valence-corrected chi connectivity index (χ3v) is 3.07. The van der Waals surface area contributed by atoms with Gasteiger partial charge in [-0.05, 0) is 26.8 Å². The van der Waals surface area contributed by atoms with E-state index in [0.29, 0.717) is 6.04 Å². The van der Waals surface area contributed by atoms with Crippen LogP contribution in [0.5, 0.6) is 0 Å². The highest BCUT2D eigenvalue weighted by molar-refractivity contribution is 5.79. The first-order chi connectivity index (χ1) is 6.57. The number of carbonyl (C=O) groups is 1. The highest BCUT2D eigenvalue weighted by Crippen LogP contribution is 2.20. The van der Waals surface area contributed by atoms with Gasteiger partial charge < -0.3 is 10.5 Å². The Hall–Kier alpha value is -0.610. The predicted octanol–water partition coefficient (Wildman–Crippen LogP) is 0.359. The van der Waals surface area contributed by atoms with Gasteiger partial charge in [0, 0.05) is 12.6 Å². The van der Waals surface area contributed by atoms with Crippen molar-refractivity contribution in [2.45, 2.75) is 44.9 Å². The van der Waals surface area contributed by atoms with Crippen LogP contribution in [0.1, 0.15) is 26.7 Å². The Morgan fingerprint density at radius 2 is 2.36 bits per heavy atom. The van der Waals surface area contributed by atoms with Gasteiger partial charge in [-0.15, -0.1) is 0 Å². The normalized spacial score (nSPS) is 29.4. The number of amides is 1. The zero-order chi connectivity index (χ0) is 10.7. The van der Waals surface area contributed by atoms with Gasteiger partial charge >= 0.3 is 0 Å². The second kappa shape index (κ2) is 4.75. The fourth-order valence-corrected chi connectivity index (χ4v) is 2.18. The van der Waals surface area contributed by atoms with Crippen LogP contribution >= 0.6 is 0 Å². The molecule has 0 aromatic rings. The van der Waals surface area contributed by atoms with Gasteiger partial charge in [0.15, 0.2) is 0 Å². The smallest absolute Gasteiger partial charge is 0.234 e. The standard InChI is InChI=1S/C10H20N2O2/c1-4-8(10(11)13)12(3)9-5-6-14-7(9)2/h7-9H,4-6H2,1-3H3,(H2,11,13). The summed E-state index contributed by atoms with van der Waals surface area (Å²) < 4.78 is 5.47. The Bertz CT molecular complexity index is 208. The van der Waals surface area contributed by atoms with E-state index in [9.17, 15) is 4.79 Å². The summed E-state index contributed by atoms with van der Waals surface area (Å²) in [4.78, 5) is 13.2. The molecule has 0 bridgehead atoms. The van der Waals surface area contributed by atoms with E-state index in [1.54, 1.807) is 0 Å². The van der Waals surface area contributed by atoms with Crippen molar-refractivity contribution >= 4 is 5.91 Å². The number of carbonyl (C=O) groups excluding carboxylic acids is 1. The minimum atomic E-state index is -0.242. The zero-order valence-corrected chi connectivity index (χ0v) is 9.19. The van der Waals surface area contributed by atoms with Gasteiger partial charge in [0.05, 0.1) is 12.1 Å². The molecule has 0 aliphatic carbocycles. The summed E-state index contributed by atoms with van der Waals surface area (Å²) >= 11 is 0. The van der Waals surface area contributed by atoms with Crippen LogP contribution in [0.4, 0.5) is 0 Å². The Balaban J connectivity index is 2.61. The number of primary amides is 1. The third kappa shape index (κ3) is 2.25. The molecule has 14 heavy (non-hydrogen) atoms. The average Bonchev–Trinajstić information content (AvgIpc) is 2.51. The first-order valence-electron chi connectivity index (χ1n) is 5.20. The molecule has 0 aromatic carbocycles. The second-order valence-corrected chi connectivity index (χ2v) is 3.92. The van der Waals surface area contributed by atoms with Crippen LogP contribution in [0.2, 0.25) is 0 Å². The Morgan fingerprint density at radius 3 is 2.71 bits per heavy atom. The van der Waals surface area contributed by atoms with E-state index >= 15 is 0 Å². The molecule has 3 atom stereocenters. The van der Waals surface area contributed by atoms with E-state index in [4.69, 9.17) is 10.5 Å². The molecular weight excluding hydrogens is 180 g/mol. The SMILES string of the molecule is CCC(C(N)=O)N(C)C1CCOC1C. The fraction of sp³-hybridized carbons (Fsp3) is 0.900. The molecule has 3 unspecified atom stereocenters. The Morgan fingerprint density at radius 1 is 1.71 bits per heavy atom. The molecule has 1 heterocycles. The van der Waals surface area contributed by atoms with Crippen molar-refractivity contribution in [1.82, 2.24) is 4.90 Å². The highest BCUT2D eigenvalue weighted by Gasteiger charge is 2.32. The van der Waals surface area contributed by atoms with Gasteiger partial charge in [-0.2, -0.15) is 0 Å². The van der Waals surface area contributed by atoms with Gasteiger partial charge in [-0.25, -0.2) is 0 Å². The van der Waals surface area contributed by atoms with Crippen LogP contribution in [-0.4, -0.2) is 42.6 Å². The largest absolute Gasteiger partial charge is 0.377 e. The van der Waals surface area contributed by atoms with Crippen LogP contribution in [0.3, 0.4) is 0 Å². The minimum absolute atomic E-state index is 0.163. The van der Waals surface area contributed by atoms with Crippen LogP contribution in [0.15, 0.2) is 0 Å². The molecule has 0 spiro atoms. The Kier molecular flexibility index (Phi) is 3.89. The molecule has 4 heteroatoms. The van der Waals surface area contributed by atoms with Crippen LogP contribution in [-0.2, 0) is 9.53 Å². The maximum atomic E-state index is 11.2. The van der Waals surface area contributed by atoms with Crippen LogP contribution in [0, 0.1) is 0 Å². The number of hydrogen-bond acceptors (Lipinski definition) is 3. The van der Waals surface area contributed by atoms with Gasteiger partial charge in [-0.3, -0.25) is 9.69 Å². The summed E-state index contributed by atoms with van der Waals surface area (Å²) in [6, 6.07) is 0.164. The average molecular weight is 200 g/mol. The number of ether oxygens (including phenoxy) is 1. The van der Waals surface area contributed by atoms with Gasteiger partial charge in [-0.1, -0.05) is 6.92 Å². The quantitative estimate of drug-likeness (QED) is 0.713. The van der Waals surface area contributed by atoms with Crippen LogP contribution in [0.25, 0.3) is 0 Å². The fourth-order valence-electron chi connectivity index (χ4n) is 2.18. The molecule has 1 aliphatic heterocycles. The van der Waals surface area contributed by atoms with E-state index in [-0.39, 0.29) is 18.1 Å². The number of nitrogens with two attached hydrogens (primary N) is 1. The van der Waals surface area contributed by atoms with Crippen molar-refractivity contribution in [3.8, 4) is 0 Å². The third-order valence-electron chi connectivity index (χ3n) is 3.07.